The standard InChI is InChI=1S/C32H44N12O25P4/c1-34-24-16-25(36-9-35-24)43(10-37-16)30-23(60-3)22(67-70(52,53)61-6-12-18(46)20(48)28(64-12)42-5-4-15(45)38-32(42)51)14(66-30)8-63-72(56,57)69-73(58,59)68-71(54,55)62-7-13-19(47)21(49)29(65-13)44-11-41(2)17-26(44)39-31(33)40-27(17)50/h4-5,9-14,18-23,28-30,46-49H,6-8H2,1-3H3,(H8-,33,34,35,36,38,39,40,45,50,51,52,53,54,55,56,57,58,59)/p-3/t12-,13-,14-,18+,19?,20?,21+,22+,23?,28-,29-,30-/m1/s1. The predicted octanol–water partition coefficient (Wildman–Crippen LogP) is -6.94. The lowest BCUT2D eigenvalue weighted by Gasteiger charge is -2.35. The number of phosphoric acid groups is 4. The van der Waals surface area contributed by atoms with Gasteiger partial charge in [-0.1, -0.05) is 4.98 Å². The van der Waals surface area contributed by atoms with Crippen LogP contribution in [0.15, 0.2) is 45.6 Å². The number of aromatic amines is 2. The zero-order valence-electron chi connectivity index (χ0n) is 37.2. The summed E-state index contributed by atoms with van der Waals surface area (Å²) >= 11 is 0. The number of ether oxygens (including phenoxy) is 4. The van der Waals surface area contributed by atoms with Gasteiger partial charge >= 0.3 is 11.3 Å². The molecular formula is C32H41N12O25P4-3. The number of aliphatic hydroxyl groups excluding tert-OH is 4. The maximum Gasteiger partial charge on any atom is 0.330 e. The van der Waals surface area contributed by atoms with Gasteiger partial charge in [0, 0.05) is 26.4 Å². The quantitative estimate of drug-likeness (QED) is 0.0265. The number of imidazole rings is 2. The molecule has 0 radical (unpaired) electrons. The van der Waals surface area contributed by atoms with Crippen LogP contribution in [0.4, 0.5) is 11.8 Å². The van der Waals surface area contributed by atoms with Crippen molar-refractivity contribution in [2.24, 2.45) is 7.05 Å². The van der Waals surface area contributed by atoms with Gasteiger partial charge in [0.25, 0.3) is 48.4 Å². The molecule has 73 heavy (non-hydrogen) atoms. The van der Waals surface area contributed by atoms with Crippen molar-refractivity contribution in [1.29, 1.82) is 0 Å². The molecule has 0 saturated carbocycles. The van der Waals surface area contributed by atoms with Gasteiger partial charge in [0.2, 0.25) is 11.7 Å². The summed E-state index contributed by atoms with van der Waals surface area (Å²) < 4.78 is 106. The van der Waals surface area contributed by atoms with Crippen molar-refractivity contribution in [3.05, 3.63) is 62.4 Å². The maximum atomic E-state index is 13.4. The summed E-state index contributed by atoms with van der Waals surface area (Å²) in [6, 6.07) is 0.905. The average molecular weight is 1120 g/mol. The molecule has 0 bridgehead atoms. The number of aliphatic hydroxyl groups is 4. The van der Waals surface area contributed by atoms with Gasteiger partial charge < -0.3 is 88.1 Å². The van der Waals surface area contributed by atoms with E-state index in [-0.39, 0.29) is 34.1 Å². The second-order valence-corrected chi connectivity index (χ2v) is 21.7. The first-order valence-corrected chi connectivity index (χ1v) is 26.5. The number of hydrogen-bond acceptors (Lipinski definition) is 31. The molecule has 7 unspecified atom stereocenters. The van der Waals surface area contributed by atoms with Crippen molar-refractivity contribution >= 4 is 65.4 Å². The molecule has 16 atom stereocenters. The molecule has 3 aliphatic heterocycles. The van der Waals surface area contributed by atoms with Crippen LogP contribution in [0.3, 0.4) is 0 Å². The number of nitrogens with two attached hydrogens (primary N) is 1. The Morgan fingerprint density at radius 3 is 2.05 bits per heavy atom. The van der Waals surface area contributed by atoms with E-state index in [1.807, 2.05) is 4.98 Å². The van der Waals surface area contributed by atoms with Gasteiger partial charge in [0.05, 0.1) is 33.2 Å². The normalized spacial score (nSPS) is 30.8. The summed E-state index contributed by atoms with van der Waals surface area (Å²) in [5.74, 6) is -0.116. The minimum Gasteiger partial charge on any atom is -0.756 e. The van der Waals surface area contributed by atoms with Crippen molar-refractivity contribution in [2.45, 2.75) is 73.6 Å². The molecule has 37 nitrogen and oxygen atoms in total. The van der Waals surface area contributed by atoms with Crippen molar-refractivity contribution in [3.8, 4) is 0 Å². The number of aromatic nitrogens is 10. The summed E-state index contributed by atoms with van der Waals surface area (Å²) in [6.07, 6.45) is -16.8. The van der Waals surface area contributed by atoms with Crippen molar-refractivity contribution < 1.29 is 108 Å². The van der Waals surface area contributed by atoms with Crippen LogP contribution in [0.25, 0.3) is 22.3 Å². The summed E-state index contributed by atoms with van der Waals surface area (Å²) in [7, 11) is -20.8. The van der Waals surface area contributed by atoms with E-state index in [0.717, 1.165) is 36.6 Å². The lowest BCUT2D eigenvalue weighted by atomic mass is 10.1. The van der Waals surface area contributed by atoms with Gasteiger partial charge in [0.15, 0.2) is 30.2 Å². The third-order valence-electron chi connectivity index (χ3n) is 11.1. The number of aryl methyl sites for hydroxylation is 1. The SMILES string of the molecule is CNc1ncnc2c1ncn2[C@@H]1O[C@H](COP(=O)([O-])OP(=O)([O-])OP(=O)([O-])OC[C@H]2O[C@@H]([n+]3cn(C)c4c(=O)[nH]c(N)nc43)[C@@H](O)C2O)[C@H](OP(=O)([O-])OC[C@H]2O[C@@H](n3ccc(=O)[nH]c3=O)C(O)[C@H]2O)C1OC. The fourth-order valence-electron chi connectivity index (χ4n) is 7.92. The van der Waals surface area contributed by atoms with Crippen molar-refractivity contribution in [3.63, 3.8) is 0 Å². The van der Waals surface area contributed by atoms with Crippen LogP contribution in [-0.4, -0.2) is 153 Å². The van der Waals surface area contributed by atoms with Crippen LogP contribution >= 0.6 is 31.3 Å². The number of nitrogens with one attached hydrogen (secondary N) is 3. The zero-order chi connectivity index (χ0) is 53.1. The molecule has 0 amide bonds. The summed E-state index contributed by atoms with van der Waals surface area (Å²) in [6.45, 7) is -3.75. The predicted molar refractivity (Wildman–Crippen MR) is 224 cm³/mol. The van der Waals surface area contributed by atoms with Crippen LogP contribution in [0, 0.1) is 0 Å². The molecule has 3 fully saturated rings. The molecule has 5 aromatic heterocycles. The molecule has 0 aromatic carbocycles. The monoisotopic (exact) mass is 1120 g/mol. The minimum absolute atomic E-state index is 0.0382. The third kappa shape index (κ3) is 11.5. The van der Waals surface area contributed by atoms with E-state index in [9.17, 15) is 72.6 Å². The second kappa shape index (κ2) is 20.8. The van der Waals surface area contributed by atoms with Gasteiger partial charge in [-0.15, -0.1) is 0 Å². The van der Waals surface area contributed by atoms with Crippen molar-refractivity contribution in [2.75, 3.05) is 45.0 Å². The van der Waals surface area contributed by atoms with E-state index in [2.05, 4.69) is 47.9 Å². The Balaban J connectivity index is 0.937. The van der Waals surface area contributed by atoms with Crippen LogP contribution < -0.4 is 52.0 Å². The third-order valence-corrected chi connectivity index (χ3v) is 16.2. The molecule has 3 saturated heterocycles. The molecule has 0 spiro atoms. The Hall–Kier alpha value is -4.62. The molecule has 9 N–H and O–H groups in total. The number of methoxy groups -OCH3 is 1. The lowest BCUT2D eigenvalue weighted by molar-refractivity contribution is -0.745. The van der Waals surface area contributed by atoms with Gasteiger partial charge in [-0.3, -0.25) is 51.5 Å². The van der Waals surface area contributed by atoms with Crippen molar-refractivity contribution in [1.82, 2.24) is 43.6 Å². The highest BCUT2D eigenvalue weighted by atomic mass is 31.3. The van der Waals surface area contributed by atoms with Gasteiger partial charge in [-0.2, -0.15) is 0 Å². The first-order chi connectivity index (χ1) is 34.2. The van der Waals surface area contributed by atoms with Crippen LogP contribution in [0.5, 0.6) is 0 Å². The Kier molecular flexibility index (Phi) is 15.6. The molecule has 8 heterocycles. The van der Waals surface area contributed by atoms with E-state index in [4.69, 9.17) is 33.7 Å². The highest BCUT2D eigenvalue weighted by molar-refractivity contribution is 7.65. The number of anilines is 2. The number of H-pyrrole nitrogens is 2. The zero-order valence-corrected chi connectivity index (χ0v) is 40.8. The fraction of sp³-hybridized carbons (Fsp3) is 0.562. The van der Waals surface area contributed by atoms with Crippen LogP contribution in [-0.2, 0) is 71.0 Å². The Morgan fingerprint density at radius 2 is 1.41 bits per heavy atom. The molecule has 8 rings (SSSR count). The lowest BCUT2D eigenvalue weighted by Crippen LogP contribution is -2.46. The van der Waals surface area contributed by atoms with E-state index >= 15 is 0 Å². The first-order valence-electron chi connectivity index (χ1n) is 20.7. The van der Waals surface area contributed by atoms with E-state index in [0.29, 0.717) is 4.57 Å². The average Bonchev–Trinajstić information content (AvgIpc) is 4.10. The molecule has 402 valence electrons. The summed E-state index contributed by atoms with van der Waals surface area (Å²) in [4.78, 5) is 109. The number of rotatable bonds is 20. The Morgan fingerprint density at radius 1 is 0.795 bits per heavy atom. The highest BCUT2D eigenvalue weighted by Gasteiger charge is 2.51. The van der Waals surface area contributed by atoms with Gasteiger partial charge in [-0.25, -0.2) is 32.9 Å². The molecule has 41 heteroatoms. The van der Waals surface area contributed by atoms with E-state index in [1.54, 1.807) is 0 Å². The smallest absolute Gasteiger partial charge is 0.330 e. The Labute approximate surface area is 405 Å². The molecule has 3 aliphatic rings. The Bertz CT molecular complexity index is 3240. The number of hydrogen-bond donors (Lipinski definition) is 8. The van der Waals surface area contributed by atoms with Gasteiger partial charge in [0.1, 0.15) is 66.8 Å². The summed E-state index contributed by atoms with van der Waals surface area (Å²) in [5.41, 5.74) is 3.11. The van der Waals surface area contributed by atoms with Crippen LogP contribution in [0.1, 0.15) is 18.7 Å². The first kappa shape index (κ1) is 54.6. The number of nitrogens with zero attached hydrogens (tertiary/aromatic N) is 8. The summed E-state index contributed by atoms with van der Waals surface area (Å²) in [5, 5.41) is 45.3. The molecule has 0 aliphatic carbocycles. The van der Waals surface area contributed by atoms with E-state index < -0.39 is 142 Å². The second-order valence-electron chi connectivity index (χ2n) is 15.8. The number of phosphoric ester groups is 3. The van der Waals surface area contributed by atoms with Crippen LogP contribution in [0.2, 0.25) is 0 Å². The highest BCUT2D eigenvalue weighted by Crippen LogP contribution is 2.63. The molecular weight excluding hydrogens is 1080 g/mol. The topological polar surface area (TPSA) is 525 Å². The van der Waals surface area contributed by atoms with E-state index in [1.165, 1.54) is 29.6 Å². The fourth-order valence-corrected chi connectivity index (χ4v) is 12.2. The number of fused-ring (bicyclic) bond motifs is 2. The van der Waals surface area contributed by atoms with Gasteiger partial charge in [-0.05, 0) is 0 Å². The minimum atomic E-state index is -6.58. The maximum absolute atomic E-state index is 13.4. The number of nitrogen functional groups attached to an aromatic ring is 1. The molecule has 5 aromatic rings. The largest absolute Gasteiger partial charge is 0.756 e.